The highest BCUT2D eigenvalue weighted by Crippen LogP contribution is 2.10. The fraction of sp³-hybridized carbons (Fsp3) is 0.167. The number of hydrogen-bond donors (Lipinski definition) is 3. The standard InChI is InChI=1S/C12H13N3O2/c13-8-3-1-7(2-4-8)5-6-15-10-9(14)11(16)12(10)17/h1-4,15H,5-6,13-14H2. The molecule has 5 heteroatoms. The van der Waals surface area contributed by atoms with Gasteiger partial charge < -0.3 is 16.8 Å². The van der Waals surface area contributed by atoms with Crippen molar-refractivity contribution >= 4 is 17.1 Å². The van der Waals surface area contributed by atoms with Crippen LogP contribution >= 0.6 is 0 Å². The van der Waals surface area contributed by atoms with Gasteiger partial charge in [-0.15, -0.1) is 0 Å². The monoisotopic (exact) mass is 231 g/mol. The molecule has 0 aliphatic rings. The molecule has 2 aromatic rings. The highest BCUT2D eigenvalue weighted by atomic mass is 16.2. The Hall–Kier alpha value is -2.30. The largest absolute Gasteiger partial charge is 0.399 e. The van der Waals surface area contributed by atoms with Crippen LogP contribution in [0.5, 0.6) is 0 Å². The van der Waals surface area contributed by atoms with E-state index in [9.17, 15) is 9.59 Å². The molecule has 0 aliphatic heterocycles. The van der Waals surface area contributed by atoms with Crippen molar-refractivity contribution in [2.45, 2.75) is 6.42 Å². The van der Waals surface area contributed by atoms with E-state index in [-0.39, 0.29) is 11.4 Å². The third-order valence-electron chi connectivity index (χ3n) is 2.64. The number of benzene rings is 1. The van der Waals surface area contributed by atoms with Crippen LogP contribution in [0.15, 0.2) is 33.9 Å². The van der Waals surface area contributed by atoms with Crippen LogP contribution in [0.25, 0.3) is 0 Å². The van der Waals surface area contributed by atoms with Crippen molar-refractivity contribution in [2.75, 3.05) is 23.3 Å². The number of nitrogen functional groups attached to an aromatic ring is 2. The summed E-state index contributed by atoms with van der Waals surface area (Å²) in [5, 5.41) is 2.87. The first-order valence-electron chi connectivity index (χ1n) is 5.26. The van der Waals surface area contributed by atoms with E-state index in [0.717, 1.165) is 12.0 Å². The zero-order chi connectivity index (χ0) is 12.4. The number of nitrogens with two attached hydrogens (primary N) is 2. The molecule has 17 heavy (non-hydrogen) atoms. The van der Waals surface area contributed by atoms with Crippen LogP contribution in [0.4, 0.5) is 17.1 Å². The molecule has 0 aliphatic carbocycles. The normalized spacial score (nSPS) is 10.6. The molecule has 2 aromatic carbocycles. The van der Waals surface area contributed by atoms with E-state index in [2.05, 4.69) is 5.32 Å². The van der Waals surface area contributed by atoms with E-state index in [0.29, 0.717) is 12.2 Å². The summed E-state index contributed by atoms with van der Waals surface area (Å²) in [6, 6.07) is 7.48. The molecule has 0 saturated heterocycles. The van der Waals surface area contributed by atoms with E-state index in [1.165, 1.54) is 0 Å². The zero-order valence-corrected chi connectivity index (χ0v) is 9.19. The Morgan fingerprint density at radius 3 is 2.24 bits per heavy atom. The quantitative estimate of drug-likeness (QED) is 0.512. The molecule has 0 atom stereocenters. The fourth-order valence-electron chi connectivity index (χ4n) is 1.60. The van der Waals surface area contributed by atoms with Crippen LogP contribution in [-0.2, 0) is 6.42 Å². The van der Waals surface area contributed by atoms with Gasteiger partial charge in [0.2, 0.25) is 0 Å². The Bertz CT molecular complexity index is 595. The summed E-state index contributed by atoms with van der Waals surface area (Å²) in [6.45, 7) is 0.555. The second kappa shape index (κ2) is 4.29. The van der Waals surface area contributed by atoms with E-state index in [1.807, 2.05) is 24.3 Å². The first kappa shape index (κ1) is 11.2. The summed E-state index contributed by atoms with van der Waals surface area (Å²) in [6.07, 6.45) is 0.735. The zero-order valence-electron chi connectivity index (χ0n) is 9.19. The Balaban J connectivity index is 1.91. The van der Waals surface area contributed by atoms with Crippen LogP contribution in [-0.4, -0.2) is 6.54 Å². The van der Waals surface area contributed by atoms with Gasteiger partial charge in [-0.25, -0.2) is 0 Å². The van der Waals surface area contributed by atoms with Crippen LogP contribution in [0.3, 0.4) is 0 Å². The summed E-state index contributed by atoms with van der Waals surface area (Å²) < 4.78 is 0. The molecule has 0 radical (unpaired) electrons. The van der Waals surface area contributed by atoms with Gasteiger partial charge in [0.1, 0.15) is 11.4 Å². The Morgan fingerprint density at radius 2 is 1.65 bits per heavy atom. The lowest BCUT2D eigenvalue weighted by atomic mass is 10.1. The second-order valence-corrected chi connectivity index (χ2v) is 3.87. The maximum absolute atomic E-state index is 11.1. The number of anilines is 3. The molecule has 0 unspecified atom stereocenters. The SMILES string of the molecule is Nc1ccc(CCNc2c(N)c(=O)c2=O)cc1. The fourth-order valence-corrected chi connectivity index (χ4v) is 1.60. The van der Waals surface area contributed by atoms with Gasteiger partial charge in [-0.1, -0.05) is 12.1 Å². The summed E-state index contributed by atoms with van der Waals surface area (Å²) in [4.78, 5) is 21.9. The first-order chi connectivity index (χ1) is 8.09. The van der Waals surface area contributed by atoms with Gasteiger partial charge >= 0.3 is 0 Å². The van der Waals surface area contributed by atoms with Crippen molar-refractivity contribution in [1.82, 2.24) is 0 Å². The minimum absolute atomic E-state index is 0.0345. The molecular weight excluding hydrogens is 218 g/mol. The highest BCUT2D eigenvalue weighted by Gasteiger charge is 2.16. The Labute approximate surface area is 97.8 Å². The molecule has 0 heterocycles. The average molecular weight is 231 g/mol. The number of rotatable bonds is 4. The molecule has 0 spiro atoms. The maximum Gasteiger partial charge on any atom is 0.253 e. The first-order valence-corrected chi connectivity index (χ1v) is 5.26. The predicted octanol–water partition coefficient (Wildman–Crippen LogP) is 0.102. The number of hydrogen-bond acceptors (Lipinski definition) is 5. The third kappa shape index (κ3) is 2.13. The topological polar surface area (TPSA) is 98.2 Å². The Morgan fingerprint density at radius 1 is 1.00 bits per heavy atom. The van der Waals surface area contributed by atoms with Crippen LogP contribution in [0.2, 0.25) is 0 Å². The van der Waals surface area contributed by atoms with Crippen molar-refractivity contribution in [3.05, 3.63) is 50.3 Å². The predicted molar refractivity (Wildman–Crippen MR) is 68.8 cm³/mol. The molecule has 0 fully saturated rings. The van der Waals surface area contributed by atoms with Gasteiger partial charge in [-0.05, 0) is 24.1 Å². The van der Waals surface area contributed by atoms with Gasteiger partial charge in [-0.3, -0.25) is 9.59 Å². The summed E-state index contributed by atoms with van der Waals surface area (Å²) >= 11 is 0. The van der Waals surface area contributed by atoms with E-state index >= 15 is 0 Å². The molecule has 0 aromatic heterocycles. The lowest BCUT2D eigenvalue weighted by Gasteiger charge is -2.09. The van der Waals surface area contributed by atoms with E-state index in [1.54, 1.807) is 0 Å². The molecule has 0 amide bonds. The molecule has 0 bridgehead atoms. The van der Waals surface area contributed by atoms with Gasteiger partial charge in [0.15, 0.2) is 0 Å². The third-order valence-corrected chi connectivity index (χ3v) is 2.64. The van der Waals surface area contributed by atoms with Crippen molar-refractivity contribution in [1.29, 1.82) is 0 Å². The highest BCUT2D eigenvalue weighted by molar-refractivity contribution is 5.71. The summed E-state index contributed by atoms with van der Waals surface area (Å²) in [5.74, 6) is 0. The lowest BCUT2D eigenvalue weighted by molar-refractivity contribution is 1.01. The summed E-state index contributed by atoms with van der Waals surface area (Å²) in [5.41, 5.74) is 11.9. The maximum atomic E-state index is 11.1. The molecule has 5 nitrogen and oxygen atoms in total. The molecular formula is C12H13N3O2. The van der Waals surface area contributed by atoms with Crippen molar-refractivity contribution in [3.8, 4) is 0 Å². The van der Waals surface area contributed by atoms with Gasteiger partial charge in [0.25, 0.3) is 10.9 Å². The lowest BCUT2D eigenvalue weighted by Crippen LogP contribution is -2.37. The van der Waals surface area contributed by atoms with E-state index in [4.69, 9.17) is 11.5 Å². The van der Waals surface area contributed by atoms with Gasteiger partial charge in [0, 0.05) is 12.2 Å². The molecule has 2 rings (SSSR count). The van der Waals surface area contributed by atoms with Gasteiger partial charge in [0.05, 0.1) is 0 Å². The van der Waals surface area contributed by atoms with Crippen LogP contribution in [0, 0.1) is 0 Å². The van der Waals surface area contributed by atoms with Crippen LogP contribution < -0.4 is 27.6 Å². The molecule has 0 saturated carbocycles. The van der Waals surface area contributed by atoms with Crippen molar-refractivity contribution < 1.29 is 0 Å². The summed E-state index contributed by atoms with van der Waals surface area (Å²) in [7, 11) is 0. The minimum Gasteiger partial charge on any atom is -0.399 e. The Kier molecular flexibility index (Phi) is 2.82. The molecule has 88 valence electrons. The second-order valence-electron chi connectivity index (χ2n) is 3.87. The molecule has 5 N–H and O–H groups in total. The number of nitrogens with one attached hydrogen (secondary N) is 1. The average Bonchev–Trinajstić information content (AvgIpc) is 2.35. The smallest absolute Gasteiger partial charge is 0.253 e. The van der Waals surface area contributed by atoms with Gasteiger partial charge in [-0.2, -0.15) is 0 Å². The minimum atomic E-state index is -0.597. The van der Waals surface area contributed by atoms with E-state index < -0.39 is 10.9 Å². The van der Waals surface area contributed by atoms with Crippen molar-refractivity contribution in [2.24, 2.45) is 0 Å². The van der Waals surface area contributed by atoms with Crippen molar-refractivity contribution in [3.63, 3.8) is 0 Å². The van der Waals surface area contributed by atoms with Crippen LogP contribution in [0.1, 0.15) is 5.56 Å².